The quantitative estimate of drug-likeness (QED) is 0.831. The average Bonchev–Trinajstić information content (AvgIpc) is 3.20. The first-order chi connectivity index (χ1) is 14.1. The molecule has 0 spiro atoms. The number of aromatic nitrogens is 1. The van der Waals surface area contributed by atoms with Crippen LogP contribution in [0.4, 0.5) is 0 Å². The van der Waals surface area contributed by atoms with Crippen molar-refractivity contribution in [3.63, 3.8) is 0 Å². The second-order valence-electron chi connectivity index (χ2n) is 8.23. The van der Waals surface area contributed by atoms with Gasteiger partial charge in [-0.3, -0.25) is 14.5 Å². The molecule has 6 heterocycles. The van der Waals surface area contributed by atoms with Gasteiger partial charge >= 0.3 is 0 Å². The van der Waals surface area contributed by atoms with Gasteiger partial charge in [0.25, 0.3) is 11.8 Å². The Hall–Kier alpha value is -2.03. The molecule has 4 aliphatic heterocycles. The van der Waals surface area contributed by atoms with Crippen molar-refractivity contribution in [1.29, 1.82) is 0 Å². The van der Waals surface area contributed by atoms with Gasteiger partial charge in [-0.05, 0) is 44.8 Å². The molecule has 0 aliphatic carbocycles. The molecule has 4 fully saturated rings. The van der Waals surface area contributed by atoms with Crippen LogP contribution in [0.25, 0.3) is 10.1 Å². The van der Waals surface area contributed by atoms with Crippen LogP contribution in [0.3, 0.4) is 0 Å². The first kappa shape index (κ1) is 19.0. The van der Waals surface area contributed by atoms with Gasteiger partial charge in [-0.25, -0.2) is 4.98 Å². The van der Waals surface area contributed by atoms with Gasteiger partial charge in [0.1, 0.15) is 5.69 Å². The Morgan fingerprint density at radius 2 is 1.97 bits per heavy atom. The van der Waals surface area contributed by atoms with E-state index in [1.165, 1.54) is 11.3 Å². The third-order valence-corrected chi connectivity index (χ3v) is 7.63. The Balaban J connectivity index is 1.38. The Labute approximate surface area is 174 Å². The van der Waals surface area contributed by atoms with Crippen LogP contribution in [-0.2, 0) is 4.74 Å². The van der Waals surface area contributed by atoms with Crippen LogP contribution < -0.4 is 5.32 Å². The highest BCUT2D eigenvalue weighted by molar-refractivity contribution is 7.17. The number of nitrogens with one attached hydrogen (secondary N) is 1. The number of pyridine rings is 1. The number of morpholine rings is 1. The molecule has 154 valence electrons. The average molecular weight is 415 g/mol. The minimum Gasteiger partial charge on any atom is -0.378 e. The first-order valence-corrected chi connectivity index (χ1v) is 11.3. The van der Waals surface area contributed by atoms with Crippen LogP contribution in [-0.4, -0.2) is 78.1 Å². The summed E-state index contributed by atoms with van der Waals surface area (Å²) in [6.45, 7) is 6.80. The van der Waals surface area contributed by atoms with Crippen molar-refractivity contribution in [3.05, 3.63) is 28.9 Å². The number of hydrogen-bond acceptors (Lipinski definition) is 6. The van der Waals surface area contributed by atoms with Crippen molar-refractivity contribution in [3.8, 4) is 0 Å². The van der Waals surface area contributed by atoms with E-state index in [2.05, 4.69) is 22.1 Å². The van der Waals surface area contributed by atoms with Gasteiger partial charge < -0.3 is 15.0 Å². The lowest BCUT2D eigenvalue weighted by Gasteiger charge is -2.49. The molecule has 4 saturated heterocycles. The van der Waals surface area contributed by atoms with Gasteiger partial charge in [-0.2, -0.15) is 0 Å². The van der Waals surface area contributed by atoms with Gasteiger partial charge in [0.2, 0.25) is 0 Å². The number of carbonyl (C=O) groups excluding carboxylic acids is 2. The number of piperidine rings is 3. The molecule has 0 aromatic carbocycles. The fourth-order valence-corrected chi connectivity index (χ4v) is 5.81. The molecule has 2 aromatic heterocycles. The van der Waals surface area contributed by atoms with Crippen LogP contribution >= 0.6 is 11.3 Å². The highest BCUT2D eigenvalue weighted by Crippen LogP contribution is 2.32. The summed E-state index contributed by atoms with van der Waals surface area (Å²) >= 11 is 1.49. The van der Waals surface area contributed by atoms with Gasteiger partial charge in [0.15, 0.2) is 0 Å². The number of nitrogens with zero attached hydrogens (tertiary/aromatic N) is 3. The van der Waals surface area contributed by atoms with Gasteiger partial charge in [0.05, 0.1) is 23.5 Å². The van der Waals surface area contributed by atoms with E-state index in [0.29, 0.717) is 49.5 Å². The maximum Gasteiger partial charge on any atom is 0.270 e. The second kappa shape index (κ2) is 7.66. The number of amides is 2. The third kappa shape index (κ3) is 3.43. The molecule has 1 N–H and O–H groups in total. The van der Waals surface area contributed by atoms with Crippen molar-refractivity contribution in [2.45, 2.75) is 31.8 Å². The lowest BCUT2D eigenvalue weighted by atomic mass is 9.79. The van der Waals surface area contributed by atoms with Crippen LogP contribution in [0.5, 0.6) is 0 Å². The molecule has 6 rings (SSSR count). The van der Waals surface area contributed by atoms with Crippen LogP contribution in [0, 0.1) is 5.92 Å². The Kier molecular flexibility index (Phi) is 5.01. The lowest BCUT2D eigenvalue weighted by molar-refractivity contribution is 0.0216. The fourth-order valence-electron chi connectivity index (χ4n) is 4.93. The van der Waals surface area contributed by atoms with E-state index in [1.54, 1.807) is 12.3 Å². The molecular weight excluding hydrogens is 388 g/mol. The van der Waals surface area contributed by atoms with Crippen LogP contribution in [0.15, 0.2) is 17.6 Å². The van der Waals surface area contributed by atoms with E-state index in [-0.39, 0.29) is 17.9 Å². The van der Waals surface area contributed by atoms with E-state index >= 15 is 0 Å². The number of ether oxygens (including phenoxy) is 1. The number of thiophene rings is 1. The van der Waals surface area contributed by atoms with E-state index in [4.69, 9.17) is 4.74 Å². The number of fused-ring (bicyclic) bond motifs is 4. The summed E-state index contributed by atoms with van der Waals surface area (Å²) in [5, 5.41) is 5.92. The maximum atomic E-state index is 13.0. The zero-order valence-corrected chi connectivity index (χ0v) is 17.4. The summed E-state index contributed by atoms with van der Waals surface area (Å²) in [6, 6.07) is 2.30. The fraction of sp³-hybridized carbons (Fsp3) is 0.571. The van der Waals surface area contributed by atoms with E-state index in [0.717, 1.165) is 36.0 Å². The Morgan fingerprint density at radius 3 is 2.69 bits per heavy atom. The molecule has 7 nitrogen and oxygen atoms in total. The molecule has 4 aliphatic rings. The SMILES string of the molecule is C[C@H]1[C@H](NC(=O)c2cc3c(C(=O)N4CCOCC4)csc3cn2)C2CCN1CC2. The van der Waals surface area contributed by atoms with Crippen molar-refractivity contribution in [1.82, 2.24) is 20.1 Å². The van der Waals surface area contributed by atoms with Gasteiger partial charge in [-0.1, -0.05) is 0 Å². The standard InChI is InChI=1S/C21H26N4O3S/c1-13-19(14-2-4-24(13)5-3-14)23-20(26)17-10-15-16(12-29-18(15)11-22-17)21(27)25-6-8-28-9-7-25/h10-14,19H,2-9H2,1H3,(H,23,26)/t13-,19-/m0/s1. The van der Waals surface area contributed by atoms with Crippen molar-refractivity contribution >= 4 is 33.2 Å². The predicted molar refractivity (Wildman–Crippen MR) is 111 cm³/mol. The maximum absolute atomic E-state index is 13.0. The normalized spacial score (nSPS) is 29.2. The second-order valence-corrected chi connectivity index (χ2v) is 9.14. The van der Waals surface area contributed by atoms with E-state index in [1.807, 2.05) is 10.3 Å². The summed E-state index contributed by atoms with van der Waals surface area (Å²) in [6.07, 6.45) is 4.00. The molecule has 29 heavy (non-hydrogen) atoms. The monoisotopic (exact) mass is 414 g/mol. The Bertz CT molecular complexity index is 929. The molecule has 0 radical (unpaired) electrons. The molecular formula is C21H26N4O3S. The summed E-state index contributed by atoms with van der Waals surface area (Å²) in [7, 11) is 0. The van der Waals surface area contributed by atoms with E-state index in [9.17, 15) is 9.59 Å². The smallest absolute Gasteiger partial charge is 0.270 e. The molecule has 0 saturated carbocycles. The van der Waals surface area contributed by atoms with Crippen LogP contribution in [0.1, 0.15) is 40.6 Å². The van der Waals surface area contributed by atoms with E-state index < -0.39 is 0 Å². The summed E-state index contributed by atoms with van der Waals surface area (Å²) < 4.78 is 6.27. The van der Waals surface area contributed by atoms with Crippen molar-refractivity contribution in [2.24, 2.45) is 5.92 Å². The van der Waals surface area contributed by atoms with Crippen LogP contribution in [0.2, 0.25) is 0 Å². The number of rotatable bonds is 3. The summed E-state index contributed by atoms with van der Waals surface area (Å²) in [5.41, 5.74) is 1.04. The molecule has 2 bridgehead atoms. The third-order valence-electron chi connectivity index (χ3n) is 6.70. The number of carbonyl (C=O) groups is 2. The zero-order valence-electron chi connectivity index (χ0n) is 16.6. The van der Waals surface area contributed by atoms with Gasteiger partial charge in [-0.15, -0.1) is 11.3 Å². The minimum absolute atomic E-state index is 0.00289. The molecule has 0 unspecified atom stereocenters. The molecule has 8 heteroatoms. The van der Waals surface area contributed by atoms with Crippen molar-refractivity contribution in [2.75, 3.05) is 39.4 Å². The largest absolute Gasteiger partial charge is 0.378 e. The highest BCUT2D eigenvalue weighted by atomic mass is 32.1. The molecule has 2 aromatic rings. The lowest BCUT2D eigenvalue weighted by Crippen LogP contribution is -2.62. The minimum atomic E-state index is -0.145. The topological polar surface area (TPSA) is 74.8 Å². The first-order valence-electron chi connectivity index (χ1n) is 10.4. The zero-order chi connectivity index (χ0) is 20.0. The Morgan fingerprint density at radius 1 is 1.21 bits per heavy atom. The summed E-state index contributed by atoms with van der Waals surface area (Å²) in [5.74, 6) is 0.402. The number of hydrogen-bond donors (Lipinski definition) is 1. The molecule has 2 amide bonds. The molecule has 2 atom stereocenters. The van der Waals surface area contributed by atoms with Gasteiger partial charge in [0, 0.05) is 42.1 Å². The predicted octanol–water partition coefficient (Wildman–Crippen LogP) is 1.98. The van der Waals surface area contributed by atoms with Crippen molar-refractivity contribution < 1.29 is 14.3 Å². The summed E-state index contributed by atoms with van der Waals surface area (Å²) in [4.78, 5) is 34.6. The highest BCUT2D eigenvalue weighted by Gasteiger charge is 2.40.